The second-order valence-corrected chi connectivity index (χ2v) is 3.96. The van der Waals surface area contributed by atoms with Crippen molar-refractivity contribution in [1.29, 1.82) is 0 Å². The van der Waals surface area contributed by atoms with Crippen LogP contribution in [0.1, 0.15) is 13.8 Å². The summed E-state index contributed by atoms with van der Waals surface area (Å²) in [6.07, 6.45) is 2.99. The van der Waals surface area contributed by atoms with E-state index in [-0.39, 0.29) is 5.88 Å². The van der Waals surface area contributed by atoms with Crippen molar-refractivity contribution in [3.8, 4) is 5.88 Å². The van der Waals surface area contributed by atoms with Gasteiger partial charge in [-0.05, 0) is 5.92 Å². The van der Waals surface area contributed by atoms with Crippen LogP contribution in [0.2, 0.25) is 0 Å². The van der Waals surface area contributed by atoms with Crippen LogP contribution in [0.3, 0.4) is 0 Å². The third-order valence-electron chi connectivity index (χ3n) is 1.16. The molecule has 0 aliphatic rings. The Morgan fingerprint density at radius 2 is 2.25 bits per heavy atom. The Labute approximate surface area is 76.2 Å². The normalized spacial score (nSPS) is 10.6. The summed E-state index contributed by atoms with van der Waals surface area (Å²) in [4.78, 5) is 7.73. The smallest absolute Gasteiger partial charge is 0.230 e. The number of hydrogen-bond donors (Lipinski definition) is 1. The molecule has 0 saturated heterocycles. The first-order valence-electron chi connectivity index (χ1n) is 3.82. The zero-order valence-corrected chi connectivity index (χ0v) is 8.01. The third-order valence-corrected chi connectivity index (χ3v) is 2.49. The summed E-state index contributed by atoms with van der Waals surface area (Å²) in [5.41, 5.74) is 0. The van der Waals surface area contributed by atoms with Crippen molar-refractivity contribution < 1.29 is 5.11 Å². The lowest BCUT2D eigenvalue weighted by Crippen LogP contribution is -1.91. The van der Waals surface area contributed by atoms with Crippen molar-refractivity contribution in [3.05, 3.63) is 12.4 Å². The van der Waals surface area contributed by atoms with E-state index in [0.717, 1.165) is 10.8 Å². The van der Waals surface area contributed by atoms with E-state index in [2.05, 4.69) is 23.8 Å². The van der Waals surface area contributed by atoms with Crippen LogP contribution < -0.4 is 0 Å². The molecule has 0 aromatic carbocycles. The predicted octanol–water partition coefficient (Wildman–Crippen LogP) is 1.93. The summed E-state index contributed by atoms with van der Waals surface area (Å²) < 4.78 is 0. The minimum absolute atomic E-state index is 0.0104. The van der Waals surface area contributed by atoms with E-state index in [9.17, 15) is 0 Å². The summed E-state index contributed by atoms with van der Waals surface area (Å²) in [6, 6.07) is 0. The van der Waals surface area contributed by atoms with Gasteiger partial charge in [-0.25, -0.2) is 4.98 Å². The van der Waals surface area contributed by atoms with Crippen molar-refractivity contribution in [1.82, 2.24) is 9.97 Å². The van der Waals surface area contributed by atoms with Gasteiger partial charge in [0.15, 0.2) is 0 Å². The van der Waals surface area contributed by atoms with Crippen LogP contribution in [0.4, 0.5) is 0 Å². The molecule has 66 valence electrons. The van der Waals surface area contributed by atoms with Gasteiger partial charge in [-0.2, -0.15) is 0 Å². The van der Waals surface area contributed by atoms with Crippen LogP contribution >= 0.6 is 11.8 Å². The Hall–Kier alpha value is -0.770. The van der Waals surface area contributed by atoms with Crippen molar-refractivity contribution in [2.75, 3.05) is 5.75 Å². The van der Waals surface area contributed by atoms with Crippen LogP contribution in [0.15, 0.2) is 17.4 Å². The number of aromatic nitrogens is 2. The van der Waals surface area contributed by atoms with Crippen LogP contribution in [0.5, 0.6) is 5.88 Å². The monoisotopic (exact) mass is 184 g/mol. The summed E-state index contributed by atoms with van der Waals surface area (Å²) >= 11 is 1.61. The van der Waals surface area contributed by atoms with E-state index in [1.807, 2.05) is 0 Å². The first-order chi connectivity index (χ1) is 5.68. The molecule has 1 aromatic heterocycles. The van der Waals surface area contributed by atoms with Gasteiger partial charge in [-0.3, -0.25) is 4.98 Å². The zero-order valence-electron chi connectivity index (χ0n) is 7.19. The van der Waals surface area contributed by atoms with Crippen LogP contribution in [0.25, 0.3) is 0 Å². The molecule has 1 N–H and O–H groups in total. The highest BCUT2D eigenvalue weighted by Crippen LogP contribution is 2.18. The maximum Gasteiger partial charge on any atom is 0.230 e. The first kappa shape index (κ1) is 9.32. The fourth-order valence-electron chi connectivity index (χ4n) is 0.660. The highest BCUT2D eigenvalue weighted by Gasteiger charge is 1.99. The number of aromatic hydroxyl groups is 1. The summed E-state index contributed by atoms with van der Waals surface area (Å²) in [5, 5.41) is 9.77. The molecule has 0 radical (unpaired) electrons. The van der Waals surface area contributed by atoms with E-state index in [4.69, 9.17) is 5.11 Å². The van der Waals surface area contributed by atoms with Gasteiger partial charge in [0, 0.05) is 5.75 Å². The van der Waals surface area contributed by atoms with Gasteiger partial charge in [0.05, 0.1) is 12.4 Å². The SMILES string of the molecule is CC(C)CSc1cncc(O)n1. The molecule has 0 bridgehead atoms. The maximum absolute atomic E-state index is 8.99. The molecule has 3 nitrogen and oxygen atoms in total. The fraction of sp³-hybridized carbons (Fsp3) is 0.500. The minimum atomic E-state index is -0.0104. The molecule has 0 spiro atoms. The number of rotatable bonds is 3. The second-order valence-electron chi connectivity index (χ2n) is 2.92. The zero-order chi connectivity index (χ0) is 8.97. The van der Waals surface area contributed by atoms with Crippen LogP contribution in [0, 0.1) is 5.92 Å². The third kappa shape index (κ3) is 3.09. The Morgan fingerprint density at radius 3 is 2.83 bits per heavy atom. The van der Waals surface area contributed by atoms with Crippen LogP contribution in [-0.2, 0) is 0 Å². The predicted molar refractivity (Wildman–Crippen MR) is 49.3 cm³/mol. The molecule has 0 fully saturated rings. The average Bonchev–Trinajstić information content (AvgIpc) is 2.01. The van der Waals surface area contributed by atoms with Gasteiger partial charge in [0.25, 0.3) is 0 Å². The minimum Gasteiger partial charge on any atom is -0.492 e. The van der Waals surface area contributed by atoms with Crippen molar-refractivity contribution in [3.63, 3.8) is 0 Å². The number of nitrogens with zero attached hydrogens (tertiary/aromatic N) is 2. The van der Waals surface area contributed by atoms with Gasteiger partial charge in [0.2, 0.25) is 5.88 Å². The molecule has 0 atom stereocenters. The lowest BCUT2D eigenvalue weighted by Gasteiger charge is -2.02. The molecule has 0 saturated carbocycles. The van der Waals surface area contributed by atoms with E-state index in [1.165, 1.54) is 6.20 Å². The molecule has 12 heavy (non-hydrogen) atoms. The summed E-state index contributed by atoms with van der Waals surface area (Å²) in [7, 11) is 0. The van der Waals surface area contributed by atoms with Crippen molar-refractivity contribution in [2.45, 2.75) is 18.9 Å². The van der Waals surface area contributed by atoms with Gasteiger partial charge in [-0.1, -0.05) is 13.8 Å². The molecular formula is C8H12N2OS. The molecule has 0 aliphatic heterocycles. The molecule has 4 heteroatoms. The first-order valence-corrected chi connectivity index (χ1v) is 4.81. The Kier molecular flexibility index (Phi) is 3.34. The molecular weight excluding hydrogens is 172 g/mol. The highest BCUT2D eigenvalue weighted by atomic mass is 32.2. The molecule has 1 rings (SSSR count). The lowest BCUT2D eigenvalue weighted by molar-refractivity contribution is 0.445. The van der Waals surface area contributed by atoms with Gasteiger partial charge < -0.3 is 5.11 Å². The van der Waals surface area contributed by atoms with Crippen molar-refractivity contribution in [2.24, 2.45) is 5.92 Å². The maximum atomic E-state index is 8.99. The standard InChI is InChI=1S/C8H12N2OS/c1-6(2)5-12-8-4-9-3-7(11)10-8/h3-4,6H,5H2,1-2H3,(H,10,11). The quantitative estimate of drug-likeness (QED) is 0.729. The van der Waals surface area contributed by atoms with Crippen molar-refractivity contribution >= 4 is 11.8 Å². The molecule has 0 amide bonds. The number of hydrogen-bond acceptors (Lipinski definition) is 4. The van der Waals surface area contributed by atoms with Gasteiger partial charge in [0.1, 0.15) is 5.03 Å². The fourth-order valence-corrected chi connectivity index (χ4v) is 1.46. The van der Waals surface area contributed by atoms with Crippen LogP contribution in [-0.4, -0.2) is 20.8 Å². The topological polar surface area (TPSA) is 46.0 Å². The second kappa shape index (κ2) is 4.30. The summed E-state index contributed by atoms with van der Waals surface area (Å²) in [5.74, 6) is 1.61. The van der Waals surface area contributed by atoms with Gasteiger partial charge in [-0.15, -0.1) is 11.8 Å². The largest absolute Gasteiger partial charge is 0.492 e. The molecule has 0 unspecified atom stereocenters. The Morgan fingerprint density at radius 1 is 1.50 bits per heavy atom. The van der Waals surface area contributed by atoms with Gasteiger partial charge >= 0.3 is 0 Å². The van der Waals surface area contributed by atoms with E-state index in [1.54, 1.807) is 18.0 Å². The highest BCUT2D eigenvalue weighted by molar-refractivity contribution is 7.99. The summed E-state index contributed by atoms with van der Waals surface area (Å²) in [6.45, 7) is 4.28. The lowest BCUT2D eigenvalue weighted by atomic mass is 10.3. The number of thioether (sulfide) groups is 1. The molecule has 0 aliphatic carbocycles. The molecule has 1 heterocycles. The van der Waals surface area contributed by atoms with E-state index >= 15 is 0 Å². The van der Waals surface area contributed by atoms with E-state index in [0.29, 0.717) is 5.92 Å². The average molecular weight is 184 g/mol. The Bertz CT molecular complexity index is 253. The van der Waals surface area contributed by atoms with E-state index < -0.39 is 0 Å². The Balaban J connectivity index is 2.52. The molecule has 1 aromatic rings.